The van der Waals surface area contributed by atoms with Crippen LogP contribution in [0, 0.1) is 19.7 Å². The van der Waals surface area contributed by atoms with Crippen molar-refractivity contribution in [2.45, 2.75) is 13.8 Å². The van der Waals surface area contributed by atoms with Crippen LogP contribution < -0.4 is 5.73 Å². The summed E-state index contributed by atoms with van der Waals surface area (Å²) in [5.74, 6) is 0.121. The first kappa shape index (κ1) is 11.1. The number of nitrogens with zero attached hydrogens (tertiary/aromatic N) is 2. The highest BCUT2D eigenvalue weighted by Gasteiger charge is 2.10. The number of benzene rings is 1. The second kappa shape index (κ2) is 3.90. The van der Waals surface area contributed by atoms with E-state index < -0.39 is 0 Å². The first-order valence-corrected chi connectivity index (χ1v) is 5.56. The van der Waals surface area contributed by atoms with Gasteiger partial charge in [-0.05, 0) is 47.5 Å². The van der Waals surface area contributed by atoms with Gasteiger partial charge in [0.15, 0.2) is 0 Å². The number of nitrogens with two attached hydrogens (primary N) is 1. The van der Waals surface area contributed by atoms with E-state index in [0.717, 1.165) is 16.9 Å². The molecule has 1 heterocycles. The van der Waals surface area contributed by atoms with Crippen molar-refractivity contribution in [2.24, 2.45) is 0 Å². The van der Waals surface area contributed by atoms with E-state index >= 15 is 0 Å². The van der Waals surface area contributed by atoms with Crippen molar-refractivity contribution in [1.29, 1.82) is 0 Å². The van der Waals surface area contributed by atoms with Crippen molar-refractivity contribution in [1.82, 2.24) is 9.55 Å². The molecule has 0 spiro atoms. The largest absolute Gasteiger partial charge is 0.369 e. The van der Waals surface area contributed by atoms with Gasteiger partial charge in [-0.1, -0.05) is 0 Å². The van der Waals surface area contributed by atoms with Crippen LogP contribution in [0.1, 0.15) is 11.3 Å². The van der Waals surface area contributed by atoms with Crippen LogP contribution in [0.2, 0.25) is 0 Å². The topological polar surface area (TPSA) is 43.8 Å². The van der Waals surface area contributed by atoms with Crippen molar-refractivity contribution in [3.05, 3.63) is 39.9 Å². The number of hydrogen-bond acceptors (Lipinski definition) is 2. The number of nitrogen functional groups attached to an aromatic ring is 1. The maximum atomic E-state index is 13.3. The molecular weight excluding hydrogens is 273 g/mol. The van der Waals surface area contributed by atoms with Gasteiger partial charge in [0.2, 0.25) is 5.95 Å². The minimum absolute atomic E-state index is 0.281. The van der Waals surface area contributed by atoms with E-state index in [2.05, 4.69) is 20.9 Å². The SMILES string of the molecule is Cc1cn(-c2cc(Br)c(F)cc2C)c(N)n1. The molecule has 2 N–H and O–H groups in total. The fourth-order valence-corrected chi connectivity index (χ4v) is 1.94. The number of halogens is 2. The third kappa shape index (κ3) is 1.82. The molecule has 0 radical (unpaired) electrons. The highest BCUT2D eigenvalue weighted by molar-refractivity contribution is 9.10. The molecule has 0 amide bonds. The molecule has 1 aromatic carbocycles. The smallest absolute Gasteiger partial charge is 0.205 e. The van der Waals surface area contributed by atoms with Crippen molar-refractivity contribution in [2.75, 3.05) is 5.73 Å². The Bertz CT molecular complexity index is 548. The van der Waals surface area contributed by atoms with Gasteiger partial charge in [0, 0.05) is 6.20 Å². The Balaban J connectivity index is 2.64. The van der Waals surface area contributed by atoms with Gasteiger partial charge in [-0.15, -0.1) is 0 Å². The average Bonchev–Trinajstić information content (AvgIpc) is 2.51. The van der Waals surface area contributed by atoms with Gasteiger partial charge in [-0.3, -0.25) is 4.57 Å². The molecular formula is C11H11BrFN3. The number of rotatable bonds is 1. The molecule has 0 saturated heterocycles. The van der Waals surface area contributed by atoms with Gasteiger partial charge in [-0.2, -0.15) is 0 Å². The van der Waals surface area contributed by atoms with Gasteiger partial charge in [0.25, 0.3) is 0 Å². The molecule has 84 valence electrons. The van der Waals surface area contributed by atoms with E-state index in [-0.39, 0.29) is 5.82 Å². The molecule has 2 rings (SSSR count). The number of aryl methyl sites for hydroxylation is 2. The van der Waals surface area contributed by atoms with E-state index in [9.17, 15) is 4.39 Å². The van der Waals surface area contributed by atoms with Crippen LogP contribution in [0.25, 0.3) is 5.69 Å². The Kier molecular flexibility index (Phi) is 2.71. The molecule has 0 unspecified atom stereocenters. The first-order chi connectivity index (χ1) is 7.49. The molecule has 0 saturated carbocycles. The predicted molar refractivity (Wildman–Crippen MR) is 65.1 cm³/mol. The van der Waals surface area contributed by atoms with Crippen LogP contribution in [0.5, 0.6) is 0 Å². The third-order valence-electron chi connectivity index (χ3n) is 2.35. The summed E-state index contributed by atoms with van der Waals surface area (Å²) in [7, 11) is 0. The molecule has 0 aliphatic rings. The number of aromatic nitrogens is 2. The van der Waals surface area contributed by atoms with Gasteiger partial charge < -0.3 is 5.73 Å². The van der Waals surface area contributed by atoms with Gasteiger partial charge in [-0.25, -0.2) is 9.37 Å². The summed E-state index contributed by atoms with van der Waals surface area (Å²) in [4.78, 5) is 4.11. The summed E-state index contributed by atoms with van der Waals surface area (Å²) in [6.45, 7) is 3.69. The fraction of sp³-hybridized carbons (Fsp3) is 0.182. The summed E-state index contributed by atoms with van der Waals surface area (Å²) in [6.07, 6.45) is 1.82. The average molecular weight is 284 g/mol. The lowest BCUT2D eigenvalue weighted by molar-refractivity contribution is 0.619. The summed E-state index contributed by atoms with van der Waals surface area (Å²) >= 11 is 3.16. The molecule has 16 heavy (non-hydrogen) atoms. The van der Waals surface area contributed by atoms with Crippen LogP contribution in [0.4, 0.5) is 10.3 Å². The van der Waals surface area contributed by atoms with Crippen LogP contribution in [-0.2, 0) is 0 Å². The molecule has 2 aromatic rings. The zero-order valence-corrected chi connectivity index (χ0v) is 10.5. The minimum Gasteiger partial charge on any atom is -0.369 e. The maximum absolute atomic E-state index is 13.3. The fourth-order valence-electron chi connectivity index (χ4n) is 1.60. The predicted octanol–water partition coefficient (Wildman–Crippen LogP) is 2.97. The Morgan fingerprint density at radius 1 is 1.38 bits per heavy atom. The van der Waals surface area contributed by atoms with Gasteiger partial charge in [0.05, 0.1) is 15.9 Å². The molecule has 0 aliphatic carbocycles. The van der Waals surface area contributed by atoms with E-state index in [1.54, 1.807) is 10.6 Å². The second-order valence-electron chi connectivity index (χ2n) is 3.66. The summed E-state index contributed by atoms with van der Waals surface area (Å²) in [5.41, 5.74) is 8.24. The molecule has 1 aromatic heterocycles. The molecule has 0 aliphatic heterocycles. The zero-order valence-electron chi connectivity index (χ0n) is 8.96. The highest BCUT2D eigenvalue weighted by Crippen LogP contribution is 2.25. The summed E-state index contributed by atoms with van der Waals surface area (Å²) < 4.78 is 15.4. The minimum atomic E-state index is -0.281. The lowest BCUT2D eigenvalue weighted by Crippen LogP contribution is -2.02. The molecule has 0 bridgehead atoms. The van der Waals surface area contributed by atoms with E-state index in [0.29, 0.717) is 10.4 Å². The summed E-state index contributed by atoms with van der Waals surface area (Å²) in [5, 5.41) is 0. The van der Waals surface area contributed by atoms with Gasteiger partial charge in [0.1, 0.15) is 5.82 Å². The van der Waals surface area contributed by atoms with E-state index in [4.69, 9.17) is 5.73 Å². The normalized spacial score (nSPS) is 10.8. The van der Waals surface area contributed by atoms with Gasteiger partial charge >= 0.3 is 0 Å². The molecule has 0 fully saturated rings. The third-order valence-corrected chi connectivity index (χ3v) is 2.96. The first-order valence-electron chi connectivity index (χ1n) is 4.76. The van der Waals surface area contributed by atoms with Crippen molar-refractivity contribution in [3.63, 3.8) is 0 Å². The molecule has 0 atom stereocenters. The van der Waals surface area contributed by atoms with E-state index in [1.165, 1.54) is 6.07 Å². The lowest BCUT2D eigenvalue weighted by atomic mass is 10.2. The standard InChI is InChI=1S/C11H11BrFN3/c1-6-3-9(13)8(12)4-10(6)16-5-7(2)15-11(16)14/h3-5H,1-2H3,(H2,14,15). The monoisotopic (exact) mass is 283 g/mol. The number of hydrogen-bond donors (Lipinski definition) is 1. The van der Waals surface area contributed by atoms with Crippen LogP contribution in [0.3, 0.4) is 0 Å². The lowest BCUT2D eigenvalue weighted by Gasteiger charge is -2.09. The number of anilines is 1. The Labute approximate surface area is 101 Å². The van der Waals surface area contributed by atoms with E-state index in [1.807, 2.05) is 20.0 Å². The highest BCUT2D eigenvalue weighted by atomic mass is 79.9. The number of imidazole rings is 1. The quantitative estimate of drug-likeness (QED) is 0.875. The Morgan fingerprint density at radius 2 is 2.06 bits per heavy atom. The van der Waals surface area contributed by atoms with Crippen molar-refractivity contribution >= 4 is 21.9 Å². The van der Waals surface area contributed by atoms with Crippen LogP contribution in [-0.4, -0.2) is 9.55 Å². The second-order valence-corrected chi connectivity index (χ2v) is 4.52. The van der Waals surface area contributed by atoms with Crippen molar-refractivity contribution < 1.29 is 4.39 Å². The van der Waals surface area contributed by atoms with Crippen LogP contribution >= 0.6 is 15.9 Å². The maximum Gasteiger partial charge on any atom is 0.205 e. The van der Waals surface area contributed by atoms with Crippen molar-refractivity contribution in [3.8, 4) is 5.69 Å². The molecule has 3 nitrogen and oxygen atoms in total. The summed E-state index contributed by atoms with van der Waals surface area (Å²) in [6, 6.07) is 3.16. The Morgan fingerprint density at radius 3 is 2.62 bits per heavy atom. The zero-order chi connectivity index (χ0) is 11.9. The molecule has 5 heteroatoms. The Hall–Kier alpha value is -1.36. The van der Waals surface area contributed by atoms with Crippen LogP contribution in [0.15, 0.2) is 22.8 Å².